The molecule has 1 atom stereocenters. The summed E-state index contributed by atoms with van der Waals surface area (Å²) in [5.41, 5.74) is 3.72. The molecule has 2 aliphatic rings. The summed E-state index contributed by atoms with van der Waals surface area (Å²) in [4.78, 5) is 14.7. The van der Waals surface area contributed by atoms with E-state index in [-0.39, 0.29) is 11.9 Å². The van der Waals surface area contributed by atoms with E-state index < -0.39 is 0 Å². The van der Waals surface area contributed by atoms with Crippen LogP contribution in [0.4, 0.5) is 4.79 Å². The molecule has 2 heterocycles. The molecule has 0 spiro atoms. The first-order valence-electron chi connectivity index (χ1n) is 8.82. The van der Waals surface area contributed by atoms with Crippen molar-refractivity contribution in [3.8, 4) is 0 Å². The average Bonchev–Trinajstić information content (AvgIpc) is 3.25. The van der Waals surface area contributed by atoms with E-state index in [0.717, 1.165) is 12.8 Å². The van der Waals surface area contributed by atoms with E-state index in [9.17, 15) is 4.79 Å². The van der Waals surface area contributed by atoms with Gasteiger partial charge in [0.1, 0.15) is 0 Å². The second-order valence-corrected chi connectivity index (χ2v) is 7.01. The maximum Gasteiger partial charge on any atom is 0.317 e. The fourth-order valence-corrected chi connectivity index (χ4v) is 4.00. The van der Waals surface area contributed by atoms with Crippen LogP contribution in [0.3, 0.4) is 0 Å². The van der Waals surface area contributed by atoms with Crippen LogP contribution in [0.2, 0.25) is 0 Å². The second-order valence-electron chi connectivity index (χ2n) is 7.01. The largest absolute Gasteiger partial charge is 0.335 e. The van der Waals surface area contributed by atoms with Gasteiger partial charge in [-0.25, -0.2) is 4.79 Å². The van der Waals surface area contributed by atoms with Gasteiger partial charge in [-0.1, -0.05) is 37.1 Å². The molecule has 24 heavy (non-hydrogen) atoms. The number of rotatable bonds is 2. The Kier molecular flexibility index (Phi) is 4.00. The number of nitrogens with zero attached hydrogens (tertiary/aromatic N) is 3. The second kappa shape index (κ2) is 6.30. The third-order valence-electron chi connectivity index (χ3n) is 5.29. The number of fused-ring (bicyclic) bond motifs is 1. The molecule has 1 fully saturated rings. The third-order valence-corrected chi connectivity index (χ3v) is 5.29. The Hall–Kier alpha value is -2.30. The molecule has 1 N–H and O–H groups in total. The Morgan fingerprint density at radius 2 is 2.04 bits per heavy atom. The van der Waals surface area contributed by atoms with Crippen LogP contribution >= 0.6 is 0 Å². The summed E-state index contributed by atoms with van der Waals surface area (Å²) < 4.78 is 1.83. The molecule has 1 aromatic carbocycles. The van der Waals surface area contributed by atoms with Gasteiger partial charge < -0.3 is 10.2 Å². The Morgan fingerprint density at radius 3 is 2.79 bits per heavy atom. The normalized spacial score (nSPS) is 20.9. The topological polar surface area (TPSA) is 50.2 Å². The molecule has 5 heteroatoms. The van der Waals surface area contributed by atoms with E-state index in [4.69, 9.17) is 0 Å². The van der Waals surface area contributed by atoms with Gasteiger partial charge in [0.05, 0.1) is 6.20 Å². The van der Waals surface area contributed by atoms with Crippen LogP contribution in [0.25, 0.3) is 0 Å². The van der Waals surface area contributed by atoms with Crippen molar-refractivity contribution in [2.45, 2.75) is 44.2 Å². The number of hydrogen-bond acceptors (Lipinski definition) is 2. The van der Waals surface area contributed by atoms with Crippen LogP contribution in [0.1, 0.15) is 48.3 Å². The summed E-state index contributed by atoms with van der Waals surface area (Å²) in [6.07, 6.45) is 8.65. The summed E-state index contributed by atoms with van der Waals surface area (Å²) in [6.45, 7) is 1.40. The van der Waals surface area contributed by atoms with Gasteiger partial charge in [-0.15, -0.1) is 0 Å². The molecule has 0 radical (unpaired) electrons. The zero-order valence-electron chi connectivity index (χ0n) is 14.1. The minimum atomic E-state index is 0.0743. The molecule has 1 aliphatic carbocycles. The highest BCUT2D eigenvalue weighted by Crippen LogP contribution is 2.33. The monoisotopic (exact) mass is 324 g/mol. The molecule has 0 saturated heterocycles. The summed E-state index contributed by atoms with van der Waals surface area (Å²) in [5.74, 6) is 0.193. The molecule has 1 aromatic heterocycles. The first-order valence-corrected chi connectivity index (χ1v) is 8.82. The van der Waals surface area contributed by atoms with Crippen molar-refractivity contribution in [1.82, 2.24) is 20.0 Å². The highest BCUT2D eigenvalue weighted by atomic mass is 16.2. The smallest absolute Gasteiger partial charge is 0.317 e. The predicted molar refractivity (Wildman–Crippen MR) is 92.7 cm³/mol. The Labute approximate surface area is 142 Å². The van der Waals surface area contributed by atoms with Crippen molar-refractivity contribution in [2.24, 2.45) is 7.05 Å². The van der Waals surface area contributed by atoms with Gasteiger partial charge in [0, 0.05) is 38.3 Å². The van der Waals surface area contributed by atoms with Crippen LogP contribution < -0.4 is 5.32 Å². The number of hydrogen-bond donors (Lipinski definition) is 1. The van der Waals surface area contributed by atoms with E-state index in [1.165, 1.54) is 29.5 Å². The summed E-state index contributed by atoms with van der Waals surface area (Å²) in [7, 11) is 1.93. The zero-order valence-corrected chi connectivity index (χ0v) is 14.1. The highest BCUT2D eigenvalue weighted by Gasteiger charge is 2.30. The van der Waals surface area contributed by atoms with E-state index >= 15 is 0 Å². The first kappa shape index (κ1) is 15.2. The Balaban J connectivity index is 1.59. The van der Waals surface area contributed by atoms with Gasteiger partial charge in [-0.2, -0.15) is 5.10 Å². The SMILES string of the molecule is Cn1cc(C2CN(C(=O)NC3CCCC3)Cc3ccccc32)cn1. The number of urea groups is 1. The number of carbonyl (C=O) groups excluding carboxylic acids is 1. The van der Waals surface area contributed by atoms with Crippen LogP contribution in [-0.4, -0.2) is 33.3 Å². The summed E-state index contributed by atoms with van der Waals surface area (Å²) >= 11 is 0. The van der Waals surface area contributed by atoms with Gasteiger partial charge in [0.15, 0.2) is 0 Å². The van der Waals surface area contributed by atoms with E-state index in [1.54, 1.807) is 0 Å². The van der Waals surface area contributed by atoms with Crippen LogP contribution in [-0.2, 0) is 13.6 Å². The lowest BCUT2D eigenvalue weighted by Gasteiger charge is -2.35. The molecule has 2 amide bonds. The number of amides is 2. The third kappa shape index (κ3) is 2.90. The fourth-order valence-electron chi connectivity index (χ4n) is 4.00. The molecule has 5 nitrogen and oxygen atoms in total. The van der Waals surface area contributed by atoms with Crippen molar-refractivity contribution < 1.29 is 4.79 Å². The van der Waals surface area contributed by atoms with Crippen molar-refractivity contribution in [2.75, 3.05) is 6.54 Å². The molecule has 2 aromatic rings. The number of aryl methyl sites for hydroxylation is 1. The van der Waals surface area contributed by atoms with Crippen LogP contribution in [0.15, 0.2) is 36.7 Å². The lowest BCUT2D eigenvalue weighted by atomic mass is 9.86. The maximum atomic E-state index is 12.7. The highest BCUT2D eigenvalue weighted by molar-refractivity contribution is 5.75. The fraction of sp³-hybridized carbons (Fsp3) is 0.474. The van der Waals surface area contributed by atoms with E-state index in [0.29, 0.717) is 19.1 Å². The molecule has 1 unspecified atom stereocenters. The van der Waals surface area contributed by atoms with Crippen molar-refractivity contribution in [1.29, 1.82) is 0 Å². The van der Waals surface area contributed by atoms with Gasteiger partial charge in [0.25, 0.3) is 0 Å². The quantitative estimate of drug-likeness (QED) is 0.923. The zero-order chi connectivity index (χ0) is 16.5. The number of nitrogens with one attached hydrogen (secondary N) is 1. The molecule has 4 rings (SSSR count). The van der Waals surface area contributed by atoms with E-state index in [2.05, 4.69) is 40.9 Å². The lowest BCUT2D eigenvalue weighted by Crippen LogP contribution is -2.47. The standard InChI is InChI=1S/C19H24N4O/c1-22-11-15(10-20-22)18-13-23(12-14-6-2-5-9-17(14)18)19(24)21-16-7-3-4-8-16/h2,5-6,9-11,16,18H,3-4,7-8,12-13H2,1H3,(H,21,24). The summed E-state index contributed by atoms with van der Waals surface area (Å²) in [5, 5.41) is 7.54. The van der Waals surface area contributed by atoms with Gasteiger partial charge in [0.2, 0.25) is 0 Å². The number of carbonyl (C=O) groups is 1. The minimum Gasteiger partial charge on any atom is -0.335 e. The van der Waals surface area contributed by atoms with Gasteiger partial charge in [-0.05, 0) is 29.5 Å². The predicted octanol–water partition coefficient (Wildman–Crippen LogP) is 3.02. The first-order chi connectivity index (χ1) is 11.7. The molecule has 0 bridgehead atoms. The van der Waals surface area contributed by atoms with Gasteiger partial charge in [-0.3, -0.25) is 4.68 Å². The molecule has 1 aliphatic heterocycles. The Morgan fingerprint density at radius 1 is 1.25 bits per heavy atom. The van der Waals surface area contributed by atoms with Crippen LogP contribution in [0, 0.1) is 0 Å². The molecule has 126 valence electrons. The lowest BCUT2D eigenvalue weighted by molar-refractivity contribution is 0.185. The van der Waals surface area contributed by atoms with Crippen LogP contribution in [0.5, 0.6) is 0 Å². The van der Waals surface area contributed by atoms with Crippen molar-refractivity contribution in [3.63, 3.8) is 0 Å². The molecular formula is C19H24N4O. The minimum absolute atomic E-state index is 0.0743. The van der Waals surface area contributed by atoms with Gasteiger partial charge >= 0.3 is 6.03 Å². The summed E-state index contributed by atoms with van der Waals surface area (Å²) in [6, 6.07) is 8.87. The average molecular weight is 324 g/mol. The molecule has 1 saturated carbocycles. The van der Waals surface area contributed by atoms with Crippen molar-refractivity contribution >= 4 is 6.03 Å². The maximum absolute atomic E-state index is 12.7. The Bertz CT molecular complexity index is 732. The van der Waals surface area contributed by atoms with Crippen molar-refractivity contribution in [3.05, 3.63) is 53.3 Å². The molecular weight excluding hydrogens is 300 g/mol. The van der Waals surface area contributed by atoms with E-state index in [1.807, 2.05) is 22.8 Å². The number of aromatic nitrogens is 2. The number of benzene rings is 1.